The minimum absolute atomic E-state index is 0. The lowest BCUT2D eigenvalue weighted by molar-refractivity contribution is 0.329. The summed E-state index contributed by atoms with van der Waals surface area (Å²) in [7, 11) is 0. The highest BCUT2D eigenvalue weighted by atomic mass is 35.5. The molecular weight excluding hydrogens is 212 g/mol. The van der Waals surface area contributed by atoms with E-state index < -0.39 is 0 Å². The molecule has 84 valence electrons. The van der Waals surface area contributed by atoms with Crippen molar-refractivity contribution >= 4 is 18.1 Å². The summed E-state index contributed by atoms with van der Waals surface area (Å²) in [6, 6.07) is 6.18. The Bertz CT molecular complexity index is 317. The molecular formula is C11H17ClN2O. The molecule has 1 aromatic rings. The summed E-state index contributed by atoms with van der Waals surface area (Å²) in [6.45, 7) is 2.18. The summed E-state index contributed by atoms with van der Waals surface area (Å²) in [5.74, 6) is 0.938. The van der Waals surface area contributed by atoms with Crippen LogP contribution >= 0.6 is 12.4 Å². The van der Waals surface area contributed by atoms with E-state index in [-0.39, 0.29) is 12.4 Å². The zero-order chi connectivity index (χ0) is 9.80. The minimum atomic E-state index is 0. The van der Waals surface area contributed by atoms with Crippen LogP contribution in [0.2, 0.25) is 0 Å². The number of ether oxygens (including phenoxy) is 1. The minimum Gasteiger partial charge on any atom is -0.490 e. The fourth-order valence-electron chi connectivity index (χ4n) is 1.77. The first-order chi connectivity index (χ1) is 6.92. The van der Waals surface area contributed by atoms with Gasteiger partial charge in [-0.3, -0.25) is 0 Å². The van der Waals surface area contributed by atoms with Gasteiger partial charge < -0.3 is 15.8 Å². The van der Waals surface area contributed by atoms with Crippen LogP contribution in [-0.2, 0) is 6.42 Å². The van der Waals surface area contributed by atoms with E-state index in [1.807, 2.05) is 12.1 Å². The van der Waals surface area contributed by atoms with Crippen molar-refractivity contribution < 1.29 is 4.74 Å². The molecule has 4 heteroatoms. The molecule has 0 atom stereocenters. The molecule has 3 N–H and O–H groups in total. The molecule has 2 rings (SSSR count). The van der Waals surface area contributed by atoms with Crippen LogP contribution < -0.4 is 15.8 Å². The van der Waals surface area contributed by atoms with E-state index in [2.05, 4.69) is 11.4 Å². The molecule has 1 heterocycles. The topological polar surface area (TPSA) is 47.3 Å². The Morgan fingerprint density at radius 1 is 1.40 bits per heavy atom. The number of hydrogen-bond donors (Lipinski definition) is 2. The Labute approximate surface area is 96.4 Å². The Hall–Kier alpha value is -0.930. The molecule has 0 spiro atoms. The number of hydrogen-bond acceptors (Lipinski definition) is 3. The van der Waals surface area contributed by atoms with Crippen molar-refractivity contribution in [3.63, 3.8) is 0 Å². The number of halogens is 1. The first kappa shape index (κ1) is 12.1. The second-order valence-corrected chi connectivity index (χ2v) is 3.46. The zero-order valence-corrected chi connectivity index (χ0v) is 9.48. The molecule has 0 aliphatic carbocycles. The van der Waals surface area contributed by atoms with Crippen molar-refractivity contribution in [3.8, 4) is 5.75 Å². The van der Waals surface area contributed by atoms with Crippen LogP contribution in [-0.4, -0.2) is 19.7 Å². The smallest absolute Gasteiger partial charge is 0.142 e. The van der Waals surface area contributed by atoms with Crippen molar-refractivity contribution in [2.45, 2.75) is 12.8 Å². The van der Waals surface area contributed by atoms with Crippen LogP contribution in [0.4, 0.5) is 5.69 Å². The van der Waals surface area contributed by atoms with Gasteiger partial charge in [0.1, 0.15) is 12.4 Å². The van der Waals surface area contributed by atoms with Crippen LogP contribution in [0.15, 0.2) is 18.2 Å². The third-order valence-electron chi connectivity index (χ3n) is 2.41. The van der Waals surface area contributed by atoms with Gasteiger partial charge in [-0.1, -0.05) is 12.1 Å². The molecule has 3 nitrogen and oxygen atoms in total. The molecule has 0 saturated heterocycles. The Morgan fingerprint density at radius 2 is 2.27 bits per heavy atom. The summed E-state index contributed by atoms with van der Waals surface area (Å²) in [4.78, 5) is 0. The maximum Gasteiger partial charge on any atom is 0.142 e. The van der Waals surface area contributed by atoms with Gasteiger partial charge in [0.25, 0.3) is 0 Å². The van der Waals surface area contributed by atoms with Gasteiger partial charge in [-0.25, -0.2) is 0 Å². The van der Waals surface area contributed by atoms with Gasteiger partial charge in [0.15, 0.2) is 0 Å². The molecule has 1 aliphatic rings. The number of nitrogens with one attached hydrogen (secondary N) is 1. The lowest BCUT2D eigenvalue weighted by Gasteiger charge is -2.20. The first-order valence-electron chi connectivity index (χ1n) is 5.10. The normalized spacial score (nSPS) is 13.4. The Morgan fingerprint density at radius 3 is 3.07 bits per heavy atom. The molecule has 15 heavy (non-hydrogen) atoms. The number of para-hydroxylation sites is 1. The van der Waals surface area contributed by atoms with Crippen molar-refractivity contribution in [2.75, 3.05) is 25.0 Å². The average Bonchev–Trinajstić information content (AvgIpc) is 2.26. The fraction of sp³-hybridized carbons (Fsp3) is 0.455. The van der Waals surface area contributed by atoms with Gasteiger partial charge in [0, 0.05) is 13.1 Å². The number of benzene rings is 1. The number of aryl methyl sites for hydroxylation is 1. The van der Waals surface area contributed by atoms with Crippen LogP contribution in [0.3, 0.4) is 0 Å². The Balaban J connectivity index is 0.00000112. The lowest BCUT2D eigenvalue weighted by atomic mass is 10.0. The van der Waals surface area contributed by atoms with E-state index in [1.165, 1.54) is 12.0 Å². The monoisotopic (exact) mass is 228 g/mol. The summed E-state index contributed by atoms with van der Waals surface area (Å²) < 4.78 is 5.57. The van der Waals surface area contributed by atoms with Crippen molar-refractivity contribution in [1.29, 1.82) is 0 Å². The van der Waals surface area contributed by atoms with Crippen LogP contribution in [0, 0.1) is 0 Å². The van der Waals surface area contributed by atoms with Gasteiger partial charge in [-0.15, -0.1) is 12.4 Å². The standard InChI is InChI=1S/C11H16N2O.ClH/c12-6-8-14-10-5-1-3-9-4-2-7-13-11(9)10;/h1,3,5,13H,2,4,6-8,12H2;1H. The summed E-state index contributed by atoms with van der Waals surface area (Å²) in [5.41, 5.74) is 7.92. The summed E-state index contributed by atoms with van der Waals surface area (Å²) >= 11 is 0. The molecule has 0 amide bonds. The predicted molar refractivity (Wildman–Crippen MR) is 65.1 cm³/mol. The molecule has 0 bridgehead atoms. The summed E-state index contributed by atoms with van der Waals surface area (Å²) in [5, 5.41) is 3.37. The number of nitrogens with two attached hydrogens (primary N) is 1. The second kappa shape index (κ2) is 5.83. The van der Waals surface area contributed by atoms with Gasteiger partial charge in [-0.2, -0.15) is 0 Å². The van der Waals surface area contributed by atoms with Gasteiger partial charge in [0.05, 0.1) is 5.69 Å². The van der Waals surface area contributed by atoms with E-state index in [9.17, 15) is 0 Å². The molecule has 0 aromatic heterocycles. The highest BCUT2D eigenvalue weighted by Crippen LogP contribution is 2.31. The SMILES string of the molecule is Cl.NCCOc1cccc2c1NCCC2. The number of anilines is 1. The van der Waals surface area contributed by atoms with Crippen LogP contribution in [0.1, 0.15) is 12.0 Å². The lowest BCUT2D eigenvalue weighted by Crippen LogP contribution is -2.15. The van der Waals surface area contributed by atoms with Crippen LogP contribution in [0.5, 0.6) is 5.75 Å². The zero-order valence-electron chi connectivity index (χ0n) is 8.66. The predicted octanol–water partition coefficient (Wildman–Crippen LogP) is 1.80. The molecule has 0 radical (unpaired) electrons. The van der Waals surface area contributed by atoms with Gasteiger partial charge in [0.2, 0.25) is 0 Å². The molecule has 1 aromatic carbocycles. The number of fused-ring (bicyclic) bond motifs is 1. The largest absolute Gasteiger partial charge is 0.490 e. The van der Waals surface area contributed by atoms with E-state index in [0.717, 1.165) is 24.4 Å². The number of rotatable bonds is 3. The van der Waals surface area contributed by atoms with Gasteiger partial charge >= 0.3 is 0 Å². The van der Waals surface area contributed by atoms with Crippen molar-refractivity contribution in [1.82, 2.24) is 0 Å². The highest BCUT2D eigenvalue weighted by molar-refractivity contribution is 5.85. The second-order valence-electron chi connectivity index (χ2n) is 3.46. The maximum absolute atomic E-state index is 5.57. The first-order valence-corrected chi connectivity index (χ1v) is 5.10. The van der Waals surface area contributed by atoms with E-state index in [0.29, 0.717) is 13.2 Å². The maximum atomic E-state index is 5.57. The third-order valence-corrected chi connectivity index (χ3v) is 2.41. The van der Waals surface area contributed by atoms with Gasteiger partial charge in [-0.05, 0) is 24.5 Å². The average molecular weight is 229 g/mol. The Kier molecular flexibility index (Phi) is 4.72. The van der Waals surface area contributed by atoms with E-state index in [1.54, 1.807) is 0 Å². The van der Waals surface area contributed by atoms with Crippen molar-refractivity contribution in [3.05, 3.63) is 23.8 Å². The molecule has 1 aliphatic heterocycles. The van der Waals surface area contributed by atoms with E-state index in [4.69, 9.17) is 10.5 Å². The fourth-order valence-corrected chi connectivity index (χ4v) is 1.77. The molecule has 0 unspecified atom stereocenters. The molecule has 0 saturated carbocycles. The summed E-state index contributed by atoms with van der Waals surface area (Å²) in [6.07, 6.45) is 2.34. The van der Waals surface area contributed by atoms with Crippen molar-refractivity contribution in [2.24, 2.45) is 5.73 Å². The third kappa shape index (κ3) is 2.76. The van der Waals surface area contributed by atoms with Crippen LogP contribution in [0.25, 0.3) is 0 Å². The highest BCUT2D eigenvalue weighted by Gasteiger charge is 2.12. The molecule has 0 fully saturated rings. The quantitative estimate of drug-likeness (QED) is 0.830. The van der Waals surface area contributed by atoms with E-state index >= 15 is 0 Å².